The van der Waals surface area contributed by atoms with Crippen LogP contribution in [0.2, 0.25) is 0 Å². The number of aromatic nitrogens is 6. The highest BCUT2D eigenvalue weighted by Gasteiger charge is 2.23. The first-order valence-electron chi connectivity index (χ1n) is 9.38. The van der Waals surface area contributed by atoms with Gasteiger partial charge >= 0.3 is 0 Å². The lowest BCUT2D eigenvalue weighted by atomic mass is 10.3. The second-order valence-electron chi connectivity index (χ2n) is 6.94. The van der Waals surface area contributed by atoms with E-state index < -0.39 is 10.0 Å². The second-order valence-corrected chi connectivity index (χ2v) is 8.56. The molecule has 1 aromatic carbocycles. The number of rotatable bonds is 6. The third kappa shape index (κ3) is 4.26. The maximum atomic E-state index is 12.8. The molecular weight excluding hydrogens is 418 g/mol. The van der Waals surface area contributed by atoms with Crippen molar-refractivity contribution in [3.05, 3.63) is 66.3 Å². The Bertz CT molecular complexity index is 1330. The van der Waals surface area contributed by atoms with Gasteiger partial charge in [0.1, 0.15) is 28.6 Å². The molecule has 0 amide bonds. The van der Waals surface area contributed by atoms with Crippen molar-refractivity contribution in [1.29, 1.82) is 0 Å². The molecule has 1 N–H and O–H groups in total. The number of nitrogens with one attached hydrogen (secondary N) is 1. The molecule has 0 bridgehead atoms. The molecule has 0 aliphatic carbocycles. The molecule has 31 heavy (non-hydrogen) atoms. The van der Waals surface area contributed by atoms with Crippen LogP contribution in [0.1, 0.15) is 17.2 Å². The highest BCUT2D eigenvalue weighted by atomic mass is 32.2. The second kappa shape index (κ2) is 7.84. The van der Waals surface area contributed by atoms with Gasteiger partial charge in [0.05, 0.1) is 11.4 Å². The predicted molar refractivity (Wildman–Crippen MR) is 114 cm³/mol. The van der Waals surface area contributed by atoms with Gasteiger partial charge in [-0.15, -0.1) is 0 Å². The Balaban J connectivity index is 1.53. The van der Waals surface area contributed by atoms with Crippen molar-refractivity contribution in [3.63, 3.8) is 0 Å². The Morgan fingerprint density at radius 1 is 1.06 bits per heavy atom. The molecule has 10 nitrogen and oxygen atoms in total. The third-order valence-corrected chi connectivity index (χ3v) is 6.24. The zero-order chi connectivity index (χ0) is 22.2. The maximum Gasteiger partial charge on any atom is 0.265 e. The van der Waals surface area contributed by atoms with E-state index in [1.165, 1.54) is 0 Å². The fraction of sp³-hybridized carbons (Fsp3) is 0.200. The lowest BCUT2D eigenvalue weighted by Gasteiger charge is -2.11. The minimum atomic E-state index is -3.77. The number of hydrogen-bond acceptors (Lipinski definition) is 7. The van der Waals surface area contributed by atoms with E-state index in [1.54, 1.807) is 86.1 Å². The van der Waals surface area contributed by atoms with E-state index >= 15 is 0 Å². The van der Waals surface area contributed by atoms with Crippen LogP contribution in [0.3, 0.4) is 0 Å². The minimum absolute atomic E-state index is 0.179. The van der Waals surface area contributed by atoms with Crippen LogP contribution in [0.5, 0.6) is 11.6 Å². The van der Waals surface area contributed by atoms with Gasteiger partial charge < -0.3 is 4.74 Å². The van der Waals surface area contributed by atoms with Crippen molar-refractivity contribution in [2.75, 3.05) is 4.72 Å². The van der Waals surface area contributed by atoms with Gasteiger partial charge in [0.25, 0.3) is 10.0 Å². The van der Waals surface area contributed by atoms with E-state index in [4.69, 9.17) is 4.74 Å². The first-order valence-corrected chi connectivity index (χ1v) is 10.9. The molecule has 0 unspecified atom stereocenters. The van der Waals surface area contributed by atoms with Crippen LogP contribution < -0.4 is 9.46 Å². The Morgan fingerprint density at radius 2 is 1.81 bits per heavy atom. The number of aryl methyl sites for hydroxylation is 3. The number of ether oxygens (including phenoxy) is 1. The van der Waals surface area contributed by atoms with E-state index in [-0.39, 0.29) is 4.90 Å². The summed E-state index contributed by atoms with van der Waals surface area (Å²) in [6.45, 7) is 5.15. The lowest BCUT2D eigenvalue weighted by Crippen LogP contribution is -2.14. The average Bonchev–Trinajstić information content (AvgIpc) is 3.31. The standard InChI is InChI=1S/C20H21N7O3S/c1-13-20(14(2)26(4)24-13)31(28,29)25-16-5-7-17(8-6-16)30-19-11-18(22-15(3)23-19)27-10-9-21-12-27/h5-12,25H,1-4H3. The number of benzene rings is 1. The Hall–Kier alpha value is -3.73. The first kappa shape index (κ1) is 20.5. The summed E-state index contributed by atoms with van der Waals surface area (Å²) in [5.74, 6) is 2.05. The van der Waals surface area contributed by atoms with Gasteiger partial charge in [0.2, 0.25) is 5.88 Å². The van der Waals surface area contributed by atoms with E-state index in [2.05, 4.69) is 24.8 Å². The third-order valence-electron chi connectivity index (χ3n) is 4.61. The molecular formula is C20H21N7O3S. The van der Waals surface area contributed by atoms with E-state index in [9.17, 15) is 8.42 Å². The first-order chi connectivity index (χ1) is 14.7. The Morgan fingerprint density at radius 3 is 2.42 bits per heavy atom. The number of imidazole rings is 1. The quantitative estimate of drug-likeness (QED) is 0.491. The van der Waals surface area contributed by atoms with Crippen molar-refractivity contribution in [3.8, 4) is 17.4 Å². The largest absolute Gasteiger partial charge is 0.439 e. The molecule has 0 spiro atoms. The van der Waals surface area contributed by atoms with Crippen molar-refractivity contribution in [1.82, 2.24) is 29.3 Å². The molecule has 0 aliphatic rings. The van der Waals surface area contributed by atoms with Crippen LogP contribution in [0, 0.1) is 20.8 Å². The highest BCUT2D eigenvalue weighted by molar-refractivity contribution is 7.92. The van der Waals surface area contributed by atoms with Gasteiger partial charge in [-0.05, 0) is 45.0 Å². The van der Waals surface area contributed by atoms with Crippen molar-refractivity contribution in [2.24, 2.45) is 7.05 Å². The number of nitrogens with zero attached hydrogens (tertiary/aromatic N) is 6. The number of sulfonamides is 1. The smallest absolute Gasteiger partial charge is 0.265 e. The van der Waals surface area contributed by atoms with Gasteiger partial charge in [-0.25, -0.2) is 18.4 Å². The Kier molecular flexibility index (Phi) is 5.19. The van der Waals surface area contributed by atoms with E-state index in [1.807, 2.05) is 0 Å². The lowest BCUT2D eigenvalue weighted by molar-refractivity contribution is 0.459. The molecule has 3 aromatic heterocycles. The van der Waals surface area contributed by atoms with Crippen LogP contribution in [0.15, 0.2) is 53.9 Å². The summed E-state index contributed by atoms with van der Waals surface area (Å²) in [6, 6.07) is 8.26. The normalized spacial score (nSPS) is 11.5. The summed E-state index contributed by atoms with van der Waals surface area (Å²) in [7, 11) is -2.06. The SMILES string of the molecule is Cc1nc(Oc2ccc(NS(=O)(=O)c3c(C)nn(C)c3C)cc2)cc(-n2ccnc2)n1. The van der Waals surface area contributed by atoms with Crippen LogP contribution >= 0.6 is 0 Å². The summed E-state index contributed by atoms with van der Waals surface area (Å²) < 4.78 is 37.3. The van der Waals surface area contributed by atoms with E-state index in [0.29, 0.717) is 40.3 Å². The van der Waals surface area contributed by atoms with Crippen LogP contribution in [0.25, 0.3) is 5.82 Å². The summed E-state index contributed by atoms with van der Waals surface area (Å²) in [4.78, 5) is 12.9. The number of anilines is 1. The van der Waals surface area contributed by atoms with Gasteiger partial charge in [-0.2, -0.15) is 10.1 Å². The van der Waals surface area contributed by atoms with Crippen molar-refractivity contribution < 1.29 is 13.2 Å². The molecule has 0 atom stereocenters. The molecule has 0 saturated carbocycles. The molecule has 160 valence electrons. The molecule has 3 heterocycles. The molecule has 4 rings (SSSR count). The zero-order valence-electron chi connectivity index (χ0n) is 17.4. The van der Waals surface area contributed by atoms with Crippen LogP contribution in [0.4, 0.5) is 5.69 Å². The molecule has 0 saturated heterocycles. The molecule has 11 heteroatoms. The number of hydrogen-bond donors (Lipinski definition) is 1. The van der Waals surface area contributed by atoms with Crippen molar-refractivity contribution >= 4 is 15.7 Å². The van der Waals surface area contributed by atoms with Gasteiger partial charge in [-0.3, -0.25) is 14.0 Å². The summed E-state index contributed by atoms with van der Waals surface area (Å²) in [5.41, 5.74) is 1.42. The Labute approximate surface area is 179 Å². The van der Waals surface area contributed by atoms with Gasteiger partial charge in [0, 0.05) is 31.2 Å². The topological polar surface area (TPSA) is 117 Å². The van der Waals surface area contributed by atoms with Crippen LogP contribution in [-0.4, -0.2) is 37.7 Å². The van der Waals surface area contributed by atoms with Gasteiger partial charge in [0.15, 0.2) is 0 Å². The molecule has 4 aromatic rings. The highest BCUT2D eigenvalue weighted by Crippen LogP contribution is 2.26. The fourth-order valence-corrected chi connectivity index (χ4v) is 4.66. The predicted octanol–water partition coefficient (Wildman–Crippen LogP) is 2.91. The summed E-state index contributed by atoms with van der Waals surface area (Å²) in [6.07, 6.45) is 5.07. The van der Waals surface area contributed by atoms with Crippen molar-refractivity contribution in [2.45, 2.75) is 25.7 Å². The zero-order valence-corrected chi connectivity index (χ0v) is 18.3. The minimum Gasteiger partial charge on any atom is -0.439 e. The molecule has 0 aliphatic heterocycles. The maximum absolute atomic E-state index is 12.8. The van der Waals surface area contributed by atoms with Gasteiger partial charge in [-0.1, -0.05) is 0 Å². The fourth-order valence-electron chi connectivity index (χ4n) is 3.17. The average molecular weight is 440 g/mol. The monoisotopic (exact) mass is 439 g/mol. The van der Waals surface area contributed by atoms with E-state index in [0.717, 1.165) is 0 Å². The molecule has 0 fully saturated rings. The summed E-state index contributed by atoms with van der Waals surface area (Å²) >= 11 is 0. The molecule has 0 radical (unpaired) electrons. The van der Waals surface area contributed by atoms with Crippen LogP contribution in [-0.2, 0) is 17.1 Å². The summed E-state index contributed by atoms with van der Waals surface area (Å²) in [5, 5.41) is 4.17.